The lowest BCUT2D eigenvalue weighted by Crippen LogP contribution is -2.58. The second kappa shape index (κ2) is 64.0. The van der Waals surface area contributed by atoms with Gasteiger partial charge in [0.2, 0.25) is 59.1 Å². The Hall–Kier alpha value is -8.06. The van der Waals surface area contributed by atoms with Crippen molar-refractivity contribution in [3.8, 4) is 0 Å². The molecule has 4 fully saturated rings. The molecule has 10 amide bonds. The van der Waals surface area contributed by atoms with Gasteiger partial charge in [0.1, 0.15) is 46.0 Å². The summed E-state index contributed by atoms with van der Waals surface area (Å²) < 4.78 is 109. The van der Waals surface area contributed by atoms with E-state index in [1.165, 1.54) is 55.4 Å². The Labute approximate surface area is 762 Å². The molecule has 746 valence electrons. The average Bonchev–Trinajstić information content (AvgIpc) is 0.823. The van der Waals surface area contributed by atoms with Crippen LogP contribution in [0.4, 0.5) is 0 Å². The first kappa shape index (κ1) is 114. The maximum Gasteiger partial charge on any atom is 0.302 e. The molecule has 0 aromatic rings. The van der Waals surface area contributed by atoms with Crippen LogP contribution in [-0.2, 0) is 157 Å². The maximum absolute atomic E-state index is 14.3. The average molecular weight is 1870 g/mol. The summed E-state index contributed by atoms with van der Waals surface area (Å²) in [4.78, 5) is 180. The molecule has 0 spiro atoms. The molecule has 0 aromatic carbocycles. The standard InChI is InChI=1S/C86H149N11O33/c1-52-56(5)79(92-60(9)98)70(43-68(52)48-124-64(13)102)120-39-35-116-31-27-112-23-19-88-74(106)44-96(45-75(107)89-20-24-113-28-32-117-36-40-121-84-80(93-61(10)99)57(6)53(2)71(128-84)49-125-65(14)103)78(110)18-17-69(87)83(111)97(46-76(108)90-21-25-114-29-33-118-37-41-122-85-81(94-62(11)100)58(7)54(3)72(129-85)50-126-66(15)104)47-77(109)91-22-26-115-30-34-119-38-42-123-86-82(95-63(12)101)59(8)55(4)73(130-86)51-127-67(16)105/h52-59,68-73,79-82,84-86H,17-51,87H2,1-16H3,(H,88,106)(H,89,107)(H,90,108)(H,91,109)(H,92,98)(H,93,99)(H,94,100)(H,95,101). The number of nitrogens with one attached hydrogen (secondary N) is 8. The van der Waals surface area contributed by atoms with Crippen molar-refractivity contribution in [1.29, 1.82) is 0 Å². The van der Waals surface area contributed by atoms with Gasteiger partial charge in [0.15, 0.2) is 18.9 Å². The van der Waals surface area contributed by atoms with Gasteiger partial charge >= 0.3 is 23.9 Å². The van der Waals surface area contributed by atoms with Crippen LogP contribution in [-0.4, -0.2) is 377 Å². The molecular weight excluding hydrogens is 1710 g/mol. The first-order valence-electron chi connectivity index (χ1n) is 44.9. The predicted octanol–water partition coefficient (Wildman–Crippen LogP) is -1.66. The van der Waals surface area contributed by atoms with Gasteiger partial charge in [-0.3, -0.25) is 67.1 Å². The van der Waals surface area contributed by atoms with Crippen molar-refractivity contribution in [2.45, 2.75) is 204 Å². The van der Waals surface area contributed by atoms with E-state index in [-0.39, 0.29) is 286 Å². The molecule has 3 heterocycles. The molecule has 3 saturated heterocycles. The second-order valence-corrected chi connectivity index (χ2v) is 33.0. The summed E-state index contributed by atoms with van der Waals surface area (Å²) in [5.74, 6) is -7.53. The molecular formula is C86H149N11O33. The minimum Gasteiger partial charge on any atom is -0.466 e. The largest absolute Gasteiger partial charge is 0.466 e. The van der Waals surface area contributed by atoms with Crippen molar-refractivity contribution in [3.63, 3.8) is 0 Å². The minimum absolute atomic E-state index is 0.000753. The van der Waals surface area contributed by atoms with Crippen molar-refractivity contribution >= 4 is 82.9 Å². The second-order valence-electron chi connectivity index (χ2n) is 33.0. The van der Waals surface area contributed by atoms with Crippen LogP contribution in [0.2, 0.25) is 0 Å². The van der Waals surface area contributed by atoms with Crippen molar-refractivity contribution in [3.05, 3.63) is 0 Å². The van der Waals surface area contributed by atoms with Gasteiger partial charge in [0, 0.05) is 88.0 Å². The lowest BCUT2D eigenvalue weighted by molar-refractivity contribution is -0.247. The predicted molar refractivity (Wildman–Crippen MR) is 461 cm³/mol. The third-order valence-corrected chi connectivity index (χ3v) is 23.0. The topological polar surface area (TPSA) is 543 Å². The molecule has 44 heteroatoms. The number of amides is 10. The highest BCUT2D eigenvalue weighted by atomic mass is 16.7. The number of nitrogens with zero attached hydrogens (tertiary/aromatic N) is 2. The molecule has 4 rings (SSSR count). The van der Waals surface area contributed by atoms with E-state index in [4.69, 9.17) is 95.7 Å². The molecule has 4 aliphatic rings. The summed E-state index contributed by atoms with van der Waals surface area (Å²) in [5.41, 5.74) is 6.50. The van der Waals surface area contributed by atoms with E-state index >= 15 is 0 Å². The summed E-state index contributed by atoms with van der Waals surface area (Å²) >= 11 is 0. The van der Waals surface area contributed by atoms with Crippen molar-refractivity contribution in [1.82, 2.24) is 52.3 Å². The van der Waals surface area contributed by atoms with E-state index in [1.807, 2.05) is 48.5 Å². The molecule has 0 radical (unpaired) electrons. The quantitative estimate of drug-likeness (QED) is 0.0187. The molecule has 3 aliphatic heterocycles. The van der Waals surface area contributed by atoms with Crippen molar-refractivity contribution in [2.24, 2.45) is 59.0 Å². The zero-order chi connectivity index (χ0) is 96.2. The highest BCUT2D eigenvalue weighted by Gasteiger charge is 2.47. The summed E-state index contributed by atoms with van der Waals surface area (Å²) in [6.07, 6.45) is -4.68. The van der Waals surface area contributed by atoms with Gasteiger partial charge in [-0.1, -0.05) is 55.4 Å². The van der Waals surface area contributed by atoms with Gasteiger partial charge in [-0.05, 0) is 66.1 Å². The normalized spacial score (nSPS) is 25.6. The fourth-order valence-electron chi connectivity index (χ4n) is 15.0. The van der Waals surface area contributed by atoms with E-state index in [0.717, 1.165) is 9.80 Å². The van der Waals surface area contributed by atoms with Crippen molar-refractivity contribution < 1.29 is 157 Å². The monoisotopic (exact) mass is 1860 g/mol. The minimum atomic E-state index is -1.51. The Balaban J connectivity index is 1.36. The summed E-state index contributed by atoms with van der Waals surface area (Å²) in [5, 5.41) is 22.4. The highest BCUT2D eigenvalue weighted by molar-refractivity contribution is 5.92. The zero-order valence-electron chi connectivity index (χ0n) is 78.8. The number of carbonyl (C=O) groups excluding carboxylic acids is 14. The van der Waals surface area contributed by atoms with Crippen LogP contribution in [0.5, 0.6) is 0 Å². The number of nitrogens with two attached hydrogens (primary N) is 1. The third kappa shape index (κ3) is 45.6. The Morgan fingerprint density at radius 1 is 0.323 bits per heavy atom. The first-order chi connectivity index (χ1) is 61.9. The molecule has 0 bridgehead atoms. The number of hydrogen-bond acceptors (Lipinski definition) is 34. The smallest absolute Gasteiger partial charge is 0.302 e. The Kier molecular flexibility index (Phi) is 56.2. The van der Waals surface area contributed by atoms with Gasteiger partial charge in [-0.25, -0.2) is 0 Å². The fourth-order valence-corrected chi connectivity index (χ4v) is 15.0. The maximum atomic E-state index is 14.3. The highest BCUT2D eigenvalue weighted by Crippen LogP contribution is 2.38. The zero-order valence-corrected chi connectivity index (χ0v) is 78.8. The molecule has 21 atom stereocenters. The molecule has 1 saturated carbocycles. The van der Waals surface area contributed by atoms with Gasteiger partial charge in [0.05, 0.1) is 193 Å². The summed E-state index contributed by atoms with van der Waals surface area (Å²) in [7, 11) is 0. The lowest BCUT2D eigenvalue weighted by Gasteiger charge is -2.44. The molecule has 21 unspecified atom stereocenters. The fraction of sp³-hybridized carbons (Fsp3) is 0.837. The molecule has 130 heavy (non-hydrogen) atoms. The van der Waals surface area contributed by atoms with Crippen LogP contribution >= 0.6 is 0 Å². The third-order valence-electron chi connectivity index (χ3n) is 23.0. The Morgan fingerprint density at radius 2 is 0.585 bits per heavy atom. The van der Waals surface area contributed by atoms with Crippen molar-refractivity contribution in [2.75, 3.05) is 211 Å². The van der Waals surface area contributed by atoms with Crippen LogP contribution in [0.1, 0.15) is 130 Å². The van der Waals surface area contributed by atoms with E-state index in [0.29, 0.717) is 6.42 Å². The Morgan fingerprint density at radius 3 is 0.885 bits per heavy atom. The van der Waals surface area contributed by atoms with Crippen LogP contribution in [0.15, 0.2) is 0 Å². The van der Waals surface area contributed by atoms with E-state index < -0.39 is 147 Å². The molecule has 1 aliphatic carbocycles. The number of ether oxygens (including phenoxy) is 19. The molecule has 0 aromatic heterocycles. The van der Waals surface area contributed by atoms with Crippen LogP contribution in [0.3, 0.4) is 0 Å². The van der Waals surface area contributed by atoms with E-state index in [2.05, 4.69) is 49.5 Å². The van der Waals surface area contributed by atoms with E-state index in [9.17, 15) is 67.1 Å². The van der Waals surface area contributed by atoms with Crippen LogP contribution in [0.25, 0.3) is 0 Å². The summed E-state index contributed by atoms with van der Waals surface area (Å²) in [6, 6.07) is -3.24. The number of hydrogen-bond donors (Lipinski definition) is 9. The molecule has 10 N–H and O–H groups in total. The Bertz CT molecular complexity index is 3230. The first-order valence-corrected chi connectivity index (χ1v) is 44.9. The summed E-state index contributed by atoms with van der Waals surface area (Å²) in [6.45, 7) is 26.2. The van der Waals surface area contributed by atoms with Gasteiger partial charge in [-0.2, -0.15) is 0 Å². The molecule has 44 nitrogen and oxygen atoms in total. The number of rotatable bonds is 64. The number of carbonyl (C=O) groups is 14. The van der Waals surface area contributed by atoms with E-state index in [1.54, 1.807) is 0 Å². The van der Waals surface area contributed by atoms with Gasteiger partial charge in [0.25, 0.3) is 0 Å². The van der Waals surface area contributed by atoms with Crippen LogP contribution in [0, 0.1) is 53.3 Å². The van der Waals surface area contributed by atoms with Gasteiger partial charge in [-0.15, -0.1) is 0 Å². The SMILES string of the molecule is CC(=O)NC1C(OCCOCCOCCNC(=O)CN(CC(=O)NCCOCCOCCOC2OC(COC(C)=O)C(C)C(C)C2NC(C)=O)C(=O)CCC(N)C(=O)N(CC(=O)NCCOCCOCCOC2OC(COC(C)=O)C(C)C(C)C2NC(C)=O)CC(=O)NCCOCCOCCOC2OC(COC(C)=O)C(C)C(C)C2NC(C)=O)CC(COC(C)=O)C(C)C1C. The van der Waals surface area contributed by atoms with Gasteiger partial charge < -0.3 is 148 Å². The number of esters is 4. The lowest BCUT2D eigenvalue weighted by atomic mass is 9.70. The van der Waals surface area contributed by atoms with Crippen LogP contribution < -0.4 is 48.3 Å².